The summed E-state index contributed by atoms with van der Waals surface area (Å²) in [6, 6.07) is 5.26. The van der Waals surface area contributed by atoms with Gasteiger partial charge in [-0.15, -0.1) is 0 Å². The summed E-state index contributed by atoms with van der Waals surface area (Å²) >= 11 is 0. The van der Waals surface area contributed by atoms with Gasteiger partial charge in [-0.1, -0.05) is 17.2 Å². The molecule has 4 rings (SSSR count). The van der Waals surface area contributed by atoms with Gasteiger partial charge < -0.3 is 4.90 Å². The maximum atomic E-state index is 13.4. The molecule has 0 aromatic carbocycles. The molecule has 3 aliphatic rings. The number of pyridine rings is 1. The molecule has 3 fully saturated rings. The van der Waals surface area contributed by atoms with Gasteiger partial charge in [0.2, 0.25) is 0 Å². The molecule has 7 nitrogen and oxygen atoms in total. The van der Waals surface area contributed by atoms with E-state index in [1.807, 2.05) is 6.92 Å². The minimum atomic E-state index is -3.53. The lowest BCUT2D eigenvalue weighted by atomic mass is 10.1. The number of piperazine rings is 1. The van der Waals surface area contributed by atoms with Gasteiger partial charge in [0, 0.05) is 45.0 Å². The number of allylic oxidation sites excluding steroid dienone is 1. The molecular formula is C20H28N4O3S. The Hall–Kier alpha value is -1.77. The van der Waals surface area contributed by atoms with Gasteiger partial charge in [-0.2, -0.15) is 17.0 Å². The zero-order chi connectivity index (χ0) is 19.7. The molecule has 1 atom stereocenters. The second kappa shape index (κ2) is 7.93. The zero-order valence-electron chi connectivity index (χ0n) is 16.4. The fourth-order valence-electron chi connectivity index (χ4n) is 4.11. The molecule has 1 aromatic rings. The third-order valence-electron chi connectivity index (χ3n) is 5.97. The molecule has 2 aliphatic heterocycles. The number of carbonyl (C=O) groups excluding carboxylic acids is 1. The Morgan fingerprint density at radius 1 is 1.07 bits per heavy atom. The quantitative estimate of drug-likeness (QED) is 0.723. The minimum Gasteiger partial charge on any atom is -0.335 e. The molecule has 152 valence electrons. The van der Waals surface area contributed by atoms with E-state index in [2.05, 4.69) is 4.98 Å². The van der Waals surface area contributed by atoms with Crippen molar-refractivity contribution in [3.63, 3.8) is 0 Å². The van der Waals surface area contributed by atoms with E-state index in [0.717, 1.165) is 32.1 Å². The normalized spacial score (nSPS) is 24.9. The Balaban J connectivity index is 1.44. The highest BCUT2D eigenvalue weighted by molar-refractivity contribution is 7.86. The van der Waals surface area contributed by atoms with Crippen molar-refractivity contribution in [1.82, 2.24) is 18.5 Å². The topological polar surface area (TPSA) is 73.8 Å². The molecular weight excluding hydrogens is 376 g/mol. The van der Waals surface area contributed by atoms with Crippen LogP contribution in [0.5, 0.6) is 0 Å². The van der Waals surface area contributed by atoms with Crippen LogP contribution >= 0.6 is 0 Å². The smallest absolute Gasteiger partial charge is 0.282 e. The highest BCUT2D eigenvalue weighted by Gasteiger charge is 2.38. The monoisotopic (exact) mass is 404 g/mol. The van der Waals surface area contributed by atoms with E-state index in [-0.39, 0.29) is 11.9 Å². The fraction of sp³-hybridized carbons (Fsp3) is 0.600. The second-order valence-corrected chi connectivity index (χ2v) is 9.79. The predicted molar refractivity (Wildman–Crippen MR) is 107 cm³/mol. The standard InChI is InChI=1S/C20H28N4O3S/c1-16-5-4-6-18(17-8-9-17)15-24(16)28(26,27)23-13-11-22(12-14-23)20(25)19-7-2-3-10-21-19/h2-3,7,10,16H,4-6,8-9,11-15H2,1H3/t16-/m1/s1. The van der Waals surface area contributed by atoms with Crippen molar-refractivity contribution >= 4 is 16.1 Å². The average Bonchev–Trinajstić information content (AvgIpc) is 3.56. The fourth-order valence-corrected chi connectivity index (χ4v) is 5.91. The SMILES string of the molecule is C[C@@H]1CCCC(=C2CC2)CN1S(=O)(=O)N1CCN(C(=O)c2ccccn2)CC1. The van der Waals surface area contributed by atoms with Crippen LogP contribution in [-0.4, -0.2) is 71.6 Å². The first-order valence-corrected chi connectivity index (χ1v) is 11.5. The van der Waals surface area contributed by atoms with Crippen LogP contribution in [-0.2, 0) is 10.2 Å². The highest BCUT2D eigenvalue weighted by atomic mass is 32.2. The third-order valence-corrected chi connectivity index (χ3v) is 8.07. The Morgan fingerprint density at radius 3 is 2.46 bits per heavy atom. The number of nitrogens with zero attached hydrogens (tertiary/aromatic N) is 4. The van der Waals surface area contributed by atoms with Crippen molar-refractivity contribution in [1.29, 1.82) is 0 Å². The zero-order valence-corrected chi connectivity index (χ0v) is 17.2. The van der Waals surface area contributed by atoms with Gasteiger partial charge in [-0.25, -0.2) is 0 Å². The molecule has 2 saturated heterocycles. The summed E-state index contributed by atoms with van der Waals surface area (Å²) < 4.78 is 29.9. The maximum Gasteiger partial charge on any atom is 0.282 e. The molecule has 1 amide bonds. The number of hydrogen-bond acceptors (Lipinski definition) is 4. The van der Waals surface area contributed by atoms with Crippen molar-refractivity contribution in [2.24, 2.45) is 0 Å². The first-order chi connectivity index (χ1) is 13.5. The summed E-state index contributed by atoms with van der Waals surface area (Å²) in [4.78, 5) is 18.4. The predicted octanol–water partition coefficient (Wildman–Crippen LogP) is 2.05. The Kier molecular flexibility index (Phi) is 5.53. The first-order valence-electron chi connectivity index (χ1n) is 10.1. The van der Waals surface area contributed by atoms with Crippen LogP contribution in [0.4, 0.5) is 0 Å². The summed E-state index contributed by atoms with van der Waals surface area (Å²) in [6.07, 6.45) is 6.84. The van der Waals surface area contributed by atoms with Crippen molar-refractivity contribution in [2.75, 3.05) is 32.7 Å². The summed E-state index contributed by atoms with van der Waals surface area (Å²) in [7, 11) is -3.53. The van der Waals surface area contributed by atoms with Gasteiger partial charge in [0.05, 0.1) is 0 Å². The number of aromatic nitrogens is 1. The Morgan fingerprint density at radius 2 is 1.82 bits per heavy atom. The van der Waals surface area contributed by atoms with E-state index in [9.17, 15) is 13.2 Å². The molecule has 1 saturated carbocycles. The molecule has 1 aliphatic carbocycles. The molecule has 1 aromatic heterocycles. The molecule has 0 spiro atoms. The van der Waals surface area contributed by atoms with E-state index >= 15 is 0 Å². The van der Waals surface area contributed by atoms with Crippen LogP contribution in [0.3, 0.4) is 0 Å². The maximum absolute atomic E-state index is 13.4. The van der Waals surface area contributed by atoms with Crippen molar-refractivity contribution < 1.29 is 13.2 Å². The molecule has 8 heteroatoms. The Bertz CT molecular complexity index is 855. The van der Waals surface area contributed by atoms with Gasteiger partial charge in [-0.05, 0) is 51.2 Å². The van der Waals surface area contributed by atoms with E-state index in [1.54, 1.807) is 37.9 Å². The minimum absolute atomic E-state index is 0.00929. The summed E-state index contributed by atoms with van der Waals surface area (Å²) in [5.74, 6) is -0.137. The van der Waals surface area contributed by atoms with E-state index in [1.165, 1.54) is 11.1 Å². The lowest BCUT2D eigenvalue weighted by Gasteiger charge is -2.38. The van der Waals surface area contributed by atoms with E-state index < -0.39 is 10.2 Å². The number of carbonyl (C=O) groups is 1. The van der Waals surface area contributed by atoms with Gasteiger partial charge in [0.1, 0.15) is 5.69 Å². The Labute approximate surface area is 167 Å². The van der Waals surface area contributed by atoms with Crippen molar-refractivity contribution in [2.45, 2.75) is 45.1 Å². The van der Waals surface area contributed by atoms with E-state index in [4.69, 9.17) is 0 Å². The largest absolute Gasteiger partial charge is 0.335 e. The molecule has 28 heavy (non-hydrogen) atoms. The number of hydrogen-bond donors (Lipinski definition) is 0. The molecule has 0 N–H and O–H groups in total. The van der Waals surface area contributed by atoms with Gasteiger partial charge in [0.25, 0.3) is 16.1 Å². The van der Waals surface area contributed by atoms with Crippen molar-refractivity contribution in [3.8, 4) is 0 Å². The summed E-state index contributed by atoms with van der Waals surface area (Å²) in [6.45, 7) is 3.99. The molecule has 3 heterocycles. The van der Waals surface area contributed by atoms with Crippen molar-refractivity contribution in [3.05, 3.63) is 41.2 Å². The van der Waals surface area contributed by atoms with Crippen LogP contribution in [0.2, 0.25) is 0 Å². The van der Waals surface area contributed by atoms with Gasteiger partial charge in [0.15, 0.2) is 0 Å². The highest BCUT2D eigenvalue weighted by Crippen LogP contribution is 2.37. The van der Waals surface area contributed by atoms with Crippen LogP contribution in [0, 0.1) is 0 Å². The van der Waals surface area contributed by atoms with Gasteiger partial charge >= 0.3 is 0 Å². The lowest BCUT2D eigenvalue weighted by molar-refractivity contribution is 0.0687. The molecule has 0 unspecified atom stereocenters. The van der Waals surface area contributed by atoms with Crippen LogP contribution in [0.15, 0.2) is 35.5 Å². The van der Waals surface area contributed by atoms with Crippen LogP contribution in [0.1, 0.15) is 49.5 Å². The van der Waals surface area contributed by atoms with Gasteiger partial charge in [-0.3, -0.25) is 9.78 Å². The van der Waals surface area contributed by atoms with Crippen LogP contribution in [0.25, 0.3) is 0 Å². The molecule has 0 radical (unpaired) electrons. The first kappa shape index (κ1) is 19.5. The average molecular weight is 405 g/mol. The number of rotatable bonds is 3. The third kappa shape index (κ3) is 3.99. The lowest BCUT2D eigenvalue weighted by Crippen LogP contribution is -2.55. The second-order valence-electron chi connectivity index (χ2n) is 7.91. The van der Waals surface area contributed by atoms with E-state index in [0.29, 0.717) is 38.4 Å². The van der Waals surface area contributed by atoms with Crippen LogP contribution < -0.4 is 0 Å². The molecule has 0 bridgehead atoms. The number of amides is 1. The summed E-state index contributed by atoms with van der Waals surface area (Å²) in [5, 5.41) is 0. The summed E-state index contributed by atoms with van der Waals surface area (Å²) in [5.41, 5.74) is 3.19.